The molecule has 3 aliphatic rings. The largest absolute Gasteiger partial charge is 0.469 e. The molecular weight excluding hydrogens is 504 g/mol. The summed E-state index contributed by atoms with van der Waals surface area (Å²) in [7, 11) is -1.99. The van der Waals surface area contributed by atoms with E-state index in [0.717, 1.165) is 36.0 Å². The Morgan fingerprint density at radius 1 is 1.11 bits per heavy atom. The van der Waals surface area contributed by atoms with Gasteiger partial charge in [0.1, 0.15) is 11.6 Å². The van der Waals surface area contributed by atoms with Gasteiger partial charge in [0.05, 0.1) is 23.2 Å². The molecule has 0 radical (unpaired) electrons. The van der Waals surface area contributed by atoms with E-state index in [1.54, 1.807) is 24.4 Å². The number of ketones is 1. The number of hydrogen-bond acceptors (Lipinski definition) is 7. The maximum absolute atomic E-state index is 13.6. The SMILES string of the molecule is COC(=O)CCc1ccc(NC(=O)[C@H](C[C@H]2CCC(=O)C2)c2ccc(S(=O)(=O)C3CC3)c(C3CC3)c2)nc1. The number of aromatic nitrogens is 1. The van der Waals surface area contributed by atoms with Crippen molar-refractivity contribution in [2.45, 2.75) is 86.2 Å². The van der Waals surface area contributed by atoms with Gasteiger partial charge in [-0.3, -0.25) is 14.4 Å². The average Bonchev–Trinajstić information content (AvgIpc) is 3.83. The van der Waals surface area contributed by atoms with Crippen LogP contribution in [0, 0.1) is 5.92 Å². The topological polar surface area (TPSA) is 119 Å². The quantitative estimate of drug-likeness (QED) is 0.419. The second-order valence-corrected chi connectivity index (χ2v) is 13.1. The van der Waals surface area contributed by atoms with Crippen LogP contribution in [0.2, 0.25) is 0 Å². The first kappa shape index (κ1) is 26.5. The molecule has 5 rings (SSSR count). The van der Waals surface area contributed by atoms with E-state index in [-0.39, 0.29) is 41.2 Å². The third-order valence-corrected chi connectivity index (χ3v) is 10.2. The number of anilines is 1. The molecule has 0 bridgehead atoms. The summed E-state index contributed by atoms with van der Waals surface area (Å²) in [5.41, 5.74) is 2.48. The van der Waals surface area contributed by atoms with Crippen LogP contribution in [-0.2, 0) is 35.4 Å². The minimum Gasteiger partial charge on any atom is -0.469 e. The molecule has 1 heterocycles. The molecule has 0 unspecified atom stereocenters. The van der Waals surface area contributed by atoms with Crippen LogP contribution in [0.1, 0.15) is 86.3 Å². The molecule has 38 heavy (non-hydrogen) atoms. The minimum atomic E-state index is -3.34. The Kier molecular flexibility index (Phi) is 7.66. The van der Waals surface area contributed by atoms with Gasteiger partial charge in [0.15, 0.2) is 9.84 Å². The van der Waals surface area contributed by atoms with E-state index >= 15 is 0 Å². The summed E-state index contributed by atoms with van der Waals surface area (Å²) in [5, 5.41) is 2.64. The smallest absolute Gasteiger partial charge is 0.305 e. The lowest BCUT2D eigenvalue weighted by atomic mass is 9.86. The third kappa shape index (κ3) is 6.14. The summed E-state index contributed by atoms with van der Waals surface area (Å²) >= 11 is 0. The molecule has 0 saturated heterocycles. The second-order valence-electron chi connectivity index (χ2n) is 10.9. The maximum atomic E-state index is 13.6. The van der Waals surface area contributed by atoms with Crippen LogP contribution in [0.4, 0.5) is 5.82 Å². The first-order valence-electron chi connectivity index (χ1n) is 13.5. The third-order valence-electron chi connectivity index (χ3n) is 7.88. The first-order chi connectivity index (χ1) is 18.2. The van der Waals surface area contributed by atoms with E-state index in [1.165, 1.54) is 7.11 Å². The van der Waals surface area contributed by atoms with E-state index in [1.807, 2.05) is 12.1 Å². The van der Waals surface area contributed by atoms with Gasteiger partial charge in [-0.05, 0) is 85.6 Å². The fourth-order valence-corrected chi connectivity index (χ4v) is 7.27. The number of aryl methyl sites for hydroxylation is 1. The van der Waals surface area contributed by atoms with Gasteiger partial charge in [-0.15, -0.1) is 0 Å². The van der Waals surface area contributed by atoms with Gasteiger partial charge >= 0.3 is 5.97 Å². The van der Waals surface area contributed by atoms with E-state index in [0.29, 0.717) is 49.2 Å². The number of hydrogen-bond donors (Lipinski definition) is 1. The summed E-state index contributed by atoms with van der Waals surface area (Å²) in [6.07, 6.45) is 8.01. The first-order valence-corrected chi connectivity index (χ1v) is 15.0. The fourth-order valence-electron chi connectivity index (χ4n) is 5.34. The van der Waals surface area contributed by atoms with Crippen LogP contribution in [0.25, 0.3) is 0 Å². The molecule has 3 aliphatic carbocycles. The number of methoxy groups -OCH3 is 1. The van der Waals surface area contributed by atoms with Gasteiger partial charge in [-0.1, -0.05) is 18.2 Å². The Labute approximate surface area is 223 Å². The number of sulfone groups is 1. The number of amides is 1. The molecule has 1 aromatic heterocycles. The lowest BCUT2D eigenvalue weighted by molar-refractivity contribution is -0.140. The number of carbonyl (C=O) groups excluding carboxylic acids is 3. The van der Waals surface area contributed by atoms with Crippen molar-refractivity contribution < 1.29 is 27.5 Å². The maximum Gasteiger partial charge on any atom is 0.305 e. The average molecular weight is 539 g/mol. The summed E-state index contributed by atoms with van der Waals surface area (Å²) in [6, 6.07) is 8.94. The Hall–Kier alpha value is -3.07. The van der Waals surface area contributed by atoms with Crippen molar-refractivity contribution in [1.29, 1.82) is 0 Å². The number of ether oxygens (including phenoxy) is 1. The molecule has 0 aliphatic heterocycles. The Morgan fingerprint density at radius 2 is 1.89 bits per heavy atom. The van der Waals surface area contributed by atoms with E-state index in [9.17, 15) is 22.8 Å². The monoisotopic (exact) mass is 538 g/mol. The van der Waals surface area contributed by atoms with Crippen LogP contribution in [0.15, 0.2) is 41.4 Å². The van der Waals surface area contributed by atoms with Crippen LogP contribution >= 0.6 is 0 Å². The molecule has 2 aromatic rings. The highest BCUT2D eigenvalue weighted by atomic mass is 32.2. The summed E-state index contributed by atoms with van der Waals surface area (Å²) in [5.74, 6) is -0.0825. The molecule has 3 fully saturated rings. The molecule has 2 atom stereocenters. The number of pyridine rings is 1. The molecule has 3 saturated carbocycles. The highest BCUT2D eigenvalue weighted by molar-refractivity contribution is 7.92. The van der Waals surface area contributed by atoms with E-state index in [2.05, 4.69) is 15.0 Å². The van der Waals surface area contributed by atoms with Crippen molar-refractivity contribution in [1.82, 2.24) is 4.98 Å². The van der Waals surface area contributed by atoms with E-state index in [4.69, 9.17) is 0 Å². The zero-order valence-corrected chi connectivity index (χ0v) is 22.5. The molecule has 8 nitrogen and oxygen atoms in total. The second kappa shape index (κ2) is 11.0. The predicted molar refractivity (Wildman–Crippen MR) is 142 cm³/mol. The number of Topliss-reactive ketones (excluding diaryl/α,β-unsaturated/α-hetero) is 1. The number of carbonyl (C=O) groups is 3. The van der Waals surface area contributed by atoms with Gasteiger partial charge < -0.3 is 10.1 Å². The molecule has 9 heteroatoms. The van der Waals surface area contributed by atoms with Crippen molar-refractivity contribution in [3.05, 3.63) is 53.2 Å². The molecule has 1 aromatic carbocycles. The molecular formula is C29H34N2O6S. The fraction of sp³-hybridized carbons (Fsp3) is 0.517. The summed E-state index contributed by atoms with van der Waals surface area (Å²) in [6.45, 7) is 0. The number of esters is 1. The normalized spacial score (nSPS) is 20.2. The number of benzene rings is 1. The number of nitrogens with zero attached hydrogens (tertiary/aromatic N) is 1. The van der Waals surface area contributed by atoms with Crippen LogP contribution in [0.5, 0.6) is 0 Å². The standard InChI is InChI=1S/C29H34N2O6S/c1-37-28(33)13-4-18-3-12-27(30-17-18)31-29(34)25(15-19-2-8-22(32)14-19)21-7-11-26(24(16-21)20-5-6-20)38(35,36)23-9-10-23/h3,7,11-12,16-17,19-20,23,25H,2,4-6,8-10,13-15H2,1H3,(H,30,31,34)/t19-,25+/m0/s1. The summed E-state index contributed by atoms with van der Waals surface area (Å²) < 4.78 is 30.9. The van der Waals surface area contributed by atoms with Crippen LogP contribution in [0.3, 0.4) is 0 Å². The Morgan fingerprint density at radius 3 is 2.50 bits per heavy atom. The zero-order valence-electron chi connectivity index (χ0n) is 21.6. The number of nitrogens with one attached hydrogen (secondary N) is 1. The number of rotatable bonds is 11. The lowest BCUT2D eigenvalue weighted by Gasteiger charge is -2.22. The van der Waals surface area contributed by atoms with Gasteiger partial charge in [0.2, 0.25) is 5.91 Å². The van der Waals surface area contributed by atoms with Crippen molar-refractivity contribution in [3.8, 4) is 0 Å². The van der Waals surface area contributed by atoms with Gasteiger partial charge in [0.25, 0.3) is 0 Å². The molecule has 0 spiro atoms. The lowest BCUT2D eigenvalue weighted by Crippen LogP contribution is -2.24. The van der Waals surface area contributed by atoms with Gasteiger partial charge in [0, 0.05) is 25.5 Å². The minimum absolute atomic E-state index is 0.117. The van der Waals surface area contributed by atoms with Crippen molar-refractivity contribution in [3.63, 3.8) is 0 Å². The summed E-state index contributed by atoms with van der Waals surface area (Å²) in [4.78, 5) is 41.7. The highest BCUT2D eigenvalue weighted by Crippen LogP contribution is 2.47. The molecule has 1 N–H and O–H groups in total. The van der Waals surface area contributed by atoms with Crippen molar-refractivity contribution >= 4 is 33.3 Å². The zero-order chi connectivity index (χ0) is 26.9. The predicted octanol–water partition coefficient (Wildman–Crippen LogP) is 4.48. The highest BCUT2D eigenvalue weighted by Gasteiger charge is 2.41. The molecule has 202 valence electrons. The Balaban J connectivity index is 1.38. The van der Waals surface area contributed by atoms with Crippen LogP contribution < -0.4 is 5.32 Å². The van der Waals surface area contributed by atoms with Crippen LogP contribution in [-0.4, -0.2) is 43.4 Å². The van der Waals surface area contributed by atoms with Gasteiger partial charge in [-0.25, -0.2) is 13.4 Å². The Bertz CT molecular complexity index is 1330. The van der Waals surface area contributed by atoms with Crippen molar-refractivity contribution in [2.75, 3.05) is 12.4 Å². The van der Waals surface area contributed by atoms with E-state index < -0.39 is 15.8 Å². The van der Waals surface area contributed by atoms with Crippen molar-refractivity contribution in [2.24, 2.45) is 5.92 Å². The van der Waals surface area contributed by atoms with Gasteiger partial charge in [-0.2, -0.15) is 0 Å². The molecule has 1 amide bonds.